The number of anilines is 1. The van der Waals surface area contributed by atoms with Crippen molar-refractivity contribution in [3.8, 4) is 5.75 Å². The van der Waals surface area contributed by atoms with Gasteiger partial charge in [-0.15, -0.1) is 0 Å². The van der Waals surface area contributed by atoms with Crippen molar-refractivity contribution in [1.82, 2.24) is 10.2 Å². The molecule has 8 heteroatoms. The molecule has 2 N–H and O–H groups in total. The average Bonchev–Trinajstić information content (AvgIpc) is 3.17. The number of methoxy groups -OCH3 is 1. The molecule has 29 heavy (non-hydrogen) atoms. The summed E-state index contributed by atoms with van der Waals surface area (Å²) in [6.45, 7) is 1.93. The van der Waals surface area contributed by atoms with Gasteiger partial charge in [0.05, 0.1) is 18.4 Å². The molecule has 2 heterocycles. The van der Waals surface area contributed by atoms with Crippen molar-refractivity contribution in [1.29, 1.82) is 0 Å². The van der Waals surface area contributed by atoms with Gasteiger partial charge < -0.3 is 20.1 Å². The molecule has 2 aromatic carbocycles. The monoisotopic (exact) mass is 395 g/mol. The summed E-state index contributed by atoms with van der Waals surface area (Å²) < 4.78 is 5.37. The van der Waals surface area contributed by atoms with E-state index in [1.807, 2.05) is 6.07 Å². The summed E-state index contributed by atoms with van der Waals surface area (Å²) >= 11 is 0. The molecule has 4 rings (SSSR count). The molecule has 150 valence electrons. The number of carbonyl (C=O) groups is 3. The van der Waals surface area contributed by atoms with E-state index in [1.165, 1.54) is 7.11 Å². The minimum Gasteiger partial charge on any atom is -0.495 e. The number of amides is 3. The second kappa shape index (κ2) is 7.46. The van der Waals surface area contributed by atoms with Gasteiger partial charge in [-0.3, -0.25) is 9.69 Å². The summed E-state index contributed by atoms with van der Waals surface area (Å²) in [5.74, 6) is -0.631. The highest BCUT2D eigenvalue weighted by atomic mass is 16.5. The summed E-state index contributed by atoms with van der Waals surface area (Å²) in [7, 11) is 1.52. The number of fused-ring (bicyclic) bond motifs is 1. The first-order valence-electron chi connectivity index (χ1n) is 9.35. The third kappa shape index (κ3) is 3.49. The number of nitrogens with one attached hydrogen (secondary N) is 1. The van der Waals surface area contributed by atoms with Crippen molar-refractivity contribution in [2.75, 3.05) is 31.6 Å². The Balaban J connectivity index is 1.61. The summed E-state index contributed by atoms with van der Waals surface area (Å²) in [6.07, 6.45) is 0.665. The first-order valence-corrected chi connectivity index (χ1v) is 9.35. The second-order valence-electron chi connectivity index (χ2n) is 7.04. The fourth-order valence-electron chi connectivity index (χ4n) is 3.78. The van der Waals surface area contributed by atoms with Gasteiger partial charge in [0.25, 0.3) is 5.91 Å². The van der Waals surface area contributed by atoms with E-state index < -0.39 is 5.97 Å². The number of carboxylic acid groups (broad SMARTS) is 1. The van der Waals surface area contributed by atoms with Crippen LogP contribution in [0.2, 0.25) is 0 Å². The number of hydrogen-bond acceptors (Lipinski definition) is 4. The SMILES string of the molecule is COc1ccc(C(=O)N2CCc3ccc(C(=O)O)cc3C2)cc1N1CCNC1=O. The Hall–Kier alpha value is -3.55. The number of nitrogens with zero attached hydrogens (tertiary/aromatic N) is 2. The number of aromatic carboxylic acids is 1. The summed E-state index contributed by atoms with van der Waals surface area (Å²) in [4.78, 5) is 39.7. The van der Waals surface area contributed by atoms with Crippen molar-refractivity contribution in [2.45, 2.75) is 13.0 Å². The minimum atomic E-state index is -0.986. The van der Waals surface area contributed by atoms with Gasteiger partial charge in [-0.1, -0.05) is 6.07 Å². The average molecular weight is 395 g/mol. The van der Waals surface area contributed by atoms with Crippen LogP contribution >= 0.6 is 0 Å². The zero-order valence-corrected chi connectivity index (χ0v) is 16.0. The Bertz CT molecular complexity index is 1000. The van der Waals surface area contributed by atoms with E-state index in [9.17, 15) is 19.5 Å². The molecule has 2 aliphatic heterocycles. The molecule has 0 atom stereocenters. The molecule has 0 aliphatic carbocycles. The van der Waals surface area contributed by atoms with Crippen molar-refractivity contribution in [2.24, 2.45) is 0 Å². The zero-order chi connectivity index (χ0) is 20.5. The molecule has 3 amide bonds. The highest BCUT2D eigenvalue weighted by Crippen LogP contribution is 2.31. The molecule has 0 unspecified atom stereocenters. The van der Waals surface area contributed by atoms with Crippen LogP contribution in [0.4, 0.5) is 10.5 Å². The fourth-order valence-corrected chi connectivity index (χ4v) is 3.78. The number of ether oxygens (including phenoxy) is 1. The van der Waals surface area contributed by atoms with Gasteiger partial charge >= 0.3 is 12.0 Å². The van der Waals surface area contributed by atoms with Gasteiger partial charge in [-0.2, -0.15) is 0 Å². The number of hydrogen-bond donors (Lipinski definition) is 2. The van der Waals surface area contributed by atoms with Gasteiger partial charge in [0, 0.05) is 31.7 Å². The molecule has 8 nitrogen and oxygen atoms in total. The third-order valence-corrected chi connectivity index (χ3v) is 5.33. The van der Waals surface area contributed by atoms with E-state index in [0.717, 1.165) is 11.1 Å². The van der Waals surface area contributed by atoms with Crippen LogP contribution in [0.5, 0.6) is 5.75 Å². The van der Waals surface area contributed by atoms with Crippen LogP contribution in [0.15, 0.2) is 36.4 Å². The normalized spacial score (nSPS) is 15.7. The number of carbonyl (C=O) groups excluding carboxylic acids is 2. The van der Waals surface area contributed by atoms with E-state index in [-0.39, 0.29) is 17.5 Å². The standard InChI is InChI=1S/C21H21N3O5/c1-29-18-5-4-14(11-17(18)24-9-7-22-21(24)28)19(25)23-8-6-13-2-3-15(20(26)27)10-16(13)12-23/h2-5,10-11H,6-9,12H2,1H3,(H,22,28)(H,26,27). The van der Waals surface area contributed by atoms with Crippen LogP contribution in [0.1, 0.15) is 31.8 Å². The first kappa shape index (κ1) is 18.8. The maximum Gasteiger partial charge on any atom is 0.335 e. The maximum atomic E-state index is 13.1. The smallest absolute Gasteiger partial charge is 0.335 e. The van der Waals surface area contributed by atoms with Gasteiger partial charge in [-0.05, 0) is 47.9 Å². The first-order chi connectivity index (χ1) is 14.0. The predicted octanol–water partition coefficient (Wildman–Crippen LogP) is 2.12. The summed E-state index contributed by atoms with van der Waals surface area (Å²) in [5, 5.41) is 12.0. The van der Waals surface area contributed by atoms with E-state index in [1.54, 1.807) is 40.1 Å². The lowest BCUT2D eigenvalue weighted by atomic mass is 9.96. The molecule has 0 spiro atoms. The lowest BCUT2D eigenvalue weighted by molar-refractivity contribution is 0.0696. The van der Waals surface area contributed by atoms with Crippen LogP contribution in [-0.4, -0.2) is 54.7 Å². The van der Waals surface area contributed by atoms with Crippen molar-refractivity contribution in [3.05, 3.63) is 58.7 Å². The third-order valence-electron chi connectivity index (χ3n) is 5.33. The van der Waals surface area contributed by atoms with E-state index >= 15 is 0 Å². The van der Waals surface area contributed by atoms with Gasteiger partial charge in [0.15, 0.2) is 0 Å². The van der Waals surface area contributed by atoms with Crippen LogP contribution in [0.25, 0.3) is 0 Å². The van der Waals surface area contributed by atoms with Crippen LogP contribution < -0.4 is 15.0 Å². The van der Waals surface area contributed by atoms with E-state index in [4.69, 9.17) is 4.74 Å². The van der Waals surface area contributed by atoms with Crippen LogP contribution in [0, 0.1) is 0 Å². The largest absolute Gasteiger partial charge is 0.495 e. The fraction of sp³-hybridized carbons (Fsp3) is 0.286. The Morgan fingerprint density at radius 1 is 1.07 bits per heavy atom. The van der Waals surface area contributed by atoms with Crippen molar-refractivity contribution < 1.29 is 24.2 Å². The molecular weight excluding hydrogens is 374 g/mol. The summed E-state index contributed by atoms with van der Waals surface area (Å²) in [6, 6.07) is 9.87. The number of benzene rings is 2. The molecule has 0 radical (unpaired) electrons. The molecule has 0 aromatic heterocycles. The topological polar surface area (TPSA) is 99.2 Å². The van der Waals surface area contributed by atoms with E-state index in [2.05, 4.69) is 5.32 Å². The van der Waals surface area contributed by atoms with Gasteiger partial charge in [0.1, 0.15) is 5.75 Å². The highest BCUT2D eigenvalue weighted by Gasteiger charge is 2.27. The second-order valence-corrected chi connectivity index (χ2v) is 7.04. The molecule has 0 saturated carbocycles. The van der Waals surface area contributed by atoms with Gasteiger partial charge in [0.2, 0.25) is 0 Å². The number of rotatable bonds is 4. The molecule has 1 saturated heterocycles. The molecular formula is C21H21N3O5. The summed E-state index contributed by atoms with van der Waals surface area (Å²) in [5.41, 5.74) is 3.13. The van der Waals surface area contributed by atoms with Crippen LogP contribution in [-0.2, 0) is 13.0 Å². The number of carboxylic acids is 1. The Morgan fingerprint density at radius 2 is 1.86 bits per heavy atom. The Labute approximate surface area is 167 Å². The lowest BCUT2D eigenvalue weighted by Gasteiger charge is -2.29. The van der Waals surface area contributed by atoms with Crippen LogP contribution in [0.3, 0.4) is 0 Å². The van der Waals surface area contributed by atoms with Gasteiger partial charge in [-0.25, -0.2) is 9.59 Å². The molecule has 0 bridgehead atoms. The molecule has 2 aromatic rings. The molecule has 1 fully saturated rings. The zero-order valence-electron chi connectivity index (χ0n) is 16.0. The van der Waals surface area contributed by atoms with Crippen molar-refractivity contribution >= 4 is 23.6 Å². The lowest BCUT2D eigenvalue weighted by Crippen LogP contribution is -2.36. The Kier molecular flexibility index (Phi) is 4.84. The maximum absolute atomic E-state index is 13.1. The van der Waals surface area contributed by atoms with E-state index in [0.29, 0.717) is 49.6 Å². The Morgan fingerprint density at radius 3 is 2.55 bits per heavy atom. The number of urea groups is 1. The minimum absolute atomic E-state index is 0.167. The highest BCUT2D eigenvalue weighted by molar-refractivity contribution is 6.00. The predicted molar refractivity (Wildman–Crippen MR) is 106 cm³/mol. The molecule has 2 aliphatic rings. The van der Waals surface area contributed by atoms with Crippen molar-refractivity contribution in [3.63, 3.8) is 0 Å². The quantitative estimate of drug-likeness (QED) is 0.826.